The Bertz CT molecular complexity index is 1100. The molecule has 7 nitrogen and oxygen atoms in total. The number of aryl methyl sites for hydroxylation is 1. The number of benzene rings is 2. The first-order chi connectivity index (χ1) is 14.5. The highest BCUT2D eigenvalue weighted by atomic mass is 16.2. The van der Waals surface area contributed by atoms with Gasteiger partial charge in [0.25, 0.3) is 11.8 Å². The standard InChI is InChI=1S/C23H22N4O3/c1-15-20(16(2)27(25-15)17-8-4-3-5-9-17)14-24-21(28)12-13-26-22(29)18-10-6-7-11-19(18)23(26)30/h3-11H,12-14H2,1-2H3,(H,24,28). The lowest BCUT2D eigenvalue weighted by atomic mass is 10.1. The van der Waals surface area contributed by atoms with Crippen molar-refractivity contribution in [3.63, 3.8) is 0 Å². The van der Waals surface area contributed by atoms with Crippen LogP contribution >= 0.6 is 0 Å². The maximum atomic E-state index is 12.4. The molecule has 30 heavy (non-hydrogen) atoms. The van der Waals surface area contributed by atoms with Gasteiger partial charge in [-0.25, -0.2) is 4.68 Å². The molecule has 1 aliphatic rings. The van der Waals surface area contributed by atoms with Crippen molar-refractivity contribution in [2.45, 2.75) is 26.8 Å². The number of aromatic nitrogens is 2. The van der Waals surface area contributed by atoms with Crippen LogP contribution in [0.5, 0.6) is 0 Å². The molecule has 0 radical (unpaired) electrons. The van der Waals surface area contributed by atoms with E-state index in [-0.39, 0.29) is 30.7 Å². The number of carbonyl (C=O) groups is 3. The van der Waals surface area contributed by atoms with Gasteiger partial charge in [-0.15, -0.1) is 0 Å². The summed E-state index contributed by atoms with van der Waals surface area (Å²) in [6.45, 7) is 4.27. The Kier molecular flexibility index (Phi) is 5.18. The maximum Gasteiger partial charge on any atom is 0.261 e. The van der Waals surface area contributed by atoms with Gasteiger partial charge in [0.05, 0.1) is 22.5 Å². The van der Waals surface area contributed by atoms with Gasteiger partial charge in [0.1, 0.15) is 0 Å². The van der Waals surface area contributed by atoms with E-state index < -0.39 is 0 Å². The number of rotatable bonds is 6. The normalized spacial score (nSPS) is 12.9. The number of fused-ring (bicyclic) bond motifs is 1. The Morgan fingerprint density at radius 1 is 0.933 bits per heavy atom. The molecule has 0 saturated heterocycles. The Hall–Kier alpha value is -3.74. The summed E-state index contributed by atoms with van der Waals surface area (Å²) in [5.41, 5.74) is 4.50. The lowest BCUT2D eigenvalue weighted by molar-refractivity contribution is -0.121. The molecular formula is C23H22N4O3. The summed E-state index contributed by atoms with van der Waals surface area (Å²) in [6, 6.07) is 16.5. The van der Waals surface area contributed by atoms with Crippen LogP contribution in [0.1, 0.15) is 44.1 Å². The Labute approximate surface area is 174 Å². The van der Waals surface area contributed by atoms with E-state index in [1.54, 1.807) is 24.3 Å². The van der Waals surface area contributed by atoms with Crippen LogP contribution in [-0.2, 0) is 11.3 Å². The molecule has 0 unspecified atom stereocenters. The SMILES string of the molecule is Cc1nn(-c2ccccc2)c(C)c1CNC(=O)CCN1C(=O)c2ccccc2C1=O. The van der Waals surface area contributed by atoms with Crippen LogP contribution in [0.25, 0.3) is 5.69 Å². The Balaban J connectivity index is 1.37. The van der Waals surface area contributed by atoms with E-state index in [1.165, 1.54) is 0 Å². The molecule has 7 heteroatoms. The predicted octanol–water partition coefficient (Wildman–Crippen LogP) is 2.79. The largest absolute Gasteiger partial charge is 0.352 e. The molecule has 152 valence electrons. The molecule has 2 heterocycles. The zero-order valence-electron chi connectivity index (χ0n) is 16.9. The van der Waals surface area contributed by atoms with Crippen molar-refractivity contribution in [2.24, 2.45) is 0 Å². The molecule has 0 saturated carbocycles. The summed E-state index contributed by atoms with van der Waals surface area (Å²) >= 11 is 0. The van der Waals surface area contributed by atoms with Gasteiger partial charge in [0.2, 0.25) is 5.91 Å². The second-order valence-corrected chi connectivity index (χ2v) is 7.23. The summed E-state index contributed by atoms with van der Waals surface area (Å²) in [6.07, 6.45) is 0.0520. The summed E-state index contributed by atoms with van der Waals surface area (Å²) in [7, 11) is 0. The number of amides is 3. The predicted molar refractivity (Wildman–Crippen MR) is 111 cm³/mol. The highest BCUT2D eigenvalue weighted by Gasteiger charge is 2.34. The van der Waals surface area contributed by atoms with Crippen molar-refractivity contribution >= 4 is 17.7 Å². The minimum Gasteiger partial charge on any atom is -0.352 e. The van der Waals surface area contributed by atoms with Crippen LogP contribution in [-0.4, -0.2) is 38.9 Å². The lowest BCUT2D eigenvalue weighted by Crippen LogP contribution is -2.34. The average Bonchev–Trinajstić information content (AvgIpc) is 3.18. The minimum absolute atomic E-state index is 0.0520. The first-order valence-electron chi connectivity index (χ1n) is 9.80. The van der Waals surface area contributed by atoms with Crippen LogP contribution < -0.4 is 5.32 Å². The van der Waals surface area contributed by atoms with E-state index >= 15 is 0 Å². The van der Waals surface area contributed by atoms with Crippen LogP contribution in [0.15, 0.2) is 54.6 Å². The van der Waals surface area contributed by atoms with E-state index in [9.17, 15) is 14.4 Å². The zero-order valence-corrected chi connectivity index (χ0v) is 16.9. The summed E-state index contributed by atoms with van der Waals surface area (Å²) in [5.74, 6) is -0.920. The van der Waals surface area contributed by atoms with Crippen molar-refractivity contribution in [3.05, 3.63) is 82.7 Å². The Morgan fingerprint density at radius 3 is 2.17 bits per heavy atom. The fourth-order valence-corrected chi connectivity index (χ4v) is 3.68. The molecule has 0 aliphatic carbocycles. The minimum atomic E-state index is -0.348. The number of hydrogen-bond acceptors (Lipinski definition) is 4. The van der Waals surface area contributed by atoms with E-state index in [2.05, 4.69) is 10.4 Å². The second kappa shape index (κ2) is 7.94. The summed E-state index contributed by atoms with van der Waals surface area (Å²) < 4.78 is 1.86. The van der Waals surface area contributed by atoms with Crippen LogP contribution in [0.4, 0.5) is 0 Å². The second-order valence-electron chi connectivity index (χ2n) is 7.23. The van der Waals surface area contributed by atoms with Gasteiger partial charge in [-0.05, 0) is 38.1 Å². The molecule has 0 atom stereocenters. The fraction of sp³-hybridized carbons (Fsp3) is 0.217. The number of imide groups is 1. The van der Waals surface area contributed by atoms with Crippen molar-refractivity contribution in [3.8, 4) is 5.69 Å². The van der Waals surface area contributed by atoms with Crippen molar-refractivity contribution in [1.82, 2.24) is 20.0 Å². The summed E-state index contributed by atoms with van der Waals surface area (Å²) in [4.78, 5) is 38.3. The van der Waals surface area contributed by atoms with Gasteiger partial charge in [0, 0.05) is 30.8 Å². The van der Waals surface area contributed by atoms with E-state index in [4.69, 9.17) is 0 Å². The summed E-state index contributed by atoms with van der Waals surface area (Å²) in [5, 5.41) is 7.46. The number of carbonyl (C=O) groups excluding carboxylic acids is 3. The molecule has 1 aromatic heterocycles. The monoisotopic (exact) mass is 402 g/mol. The van der Waals surface area contributed by atoms with E-state index in [0.29, 0.717) is 17.7 Å². The molecular weight excluding hydrogens is 380 g/mol. The molecule has 3 amide bonds. The molecule has 4 rings (SSSR count). The van der Waals surface area contributed by atoms with Crippen molar-refractivity contribution in [2.75, 3.05) is 6.54 Å². The third-order valence-electron chi connectivity index (χ3n) is 5.34. The fourth-order valence-electron chi connectivity index (χ4n) is 3.68. The lowest BCUT2D eigenvalue weighted by Gasteiger charge is -2.13. The topological polar surface area (TPSA) is 84.3 Å². The van der Waals surface area contributed by atoms with Gasteiger partial charge in [0.15, 0.2) is 0 Å². The Morgan fingerprint density at radius 2 is 1.53 bits per heavy atom. The molecule has 1 N–H and O–H groups in total. The van der Waals surface area contributed by atoms with Crippen LogP contribution in [0.2, 0.25) is 0 Å². The highest BCUT2D eigenvalue weighted by molar-refractivity contribution is 6.21. The molecule has 2 aromatic carbocycles. The third-order valence-corrected chi connectivity index (χ3v) is 5.34. The quantitative estimate of drug-likeness (QED) is 0.643. The maximum absolute atomic E-state index is 12.4. The number of nitrogens with one attached hydrogen (secondary N) is 1. The molecule has 1 aliphatic heterocycles. The number of para-hydroxylation sites is 1. The highest BCUT2D eigenvalue weighted by Crippen LogP contribution is 2.22. The van der Waals surface area contributed by atoms with Gasteiger partial charge < -0.3 is 5.32 Å². The first-order valence-corrected chi connectivity index (χ1v) is 9.80. The van der Waals surface area contributed by atoms with Crippen LogP contribution in [0.3, 0.4) is 0 Å². The molecule has 0 fully saturated rings. The zero-order chi connectivity index (χ0) is 21.3. The number of hydrogen-bond donors (Lipinski definition) is 1. The van der Waals surface area contributed by atoms with Crippen LogP contribution in [0, 0.1) is 13.8 Å². The van der Waals surface area contributed by atoms with Gasteiger partial charge in [-0.2, -0.15) is 5.10 Å². The van der Waals surface area contributed by atoms with Gasteiger partial charge in [-0.1, -0.05) is 30.3 Å². The van der Waals surface area contributed by atoms with Crippen molar-refractivity contribution in [1.29, 1.82) is 0 Å². The average molecular weight is 402 g/mol. The first kappa shape index (κ1) is 19.6. The molecule has 0 spiro atoms. The smallest absolute Gasteiger partial charge is 0.261 e. The molecule has 3 aromatic rings. The number of nitrogens with zero attached hydrogens (tertiary/aromatic N) is 3. The van der Waals surface area contributed by atoms with Gasteiger partial charge >= 0.3 is 0 Å². The van der Waals surface area contributed by atoms with Crippen molar-refractivity contribution < 1.29 is 14.4 Å². The van der Waals surface area contributed by atoms with E-state index in [1.807, 2.05) is 48.9 Å². The molecule has 0 bridgehead atoms. The third kappa shape index (κ3) is 3.50. The van der Waals surface area contributed by atoms with E-state index in [0.717, 1.165) is 27.5 Å². The van der Waals surface area contributed by atoms with Gasteiger partial charge in [-0.3, -0.25) is 19.3 Å².